The Balaban J connectivity index is 1.32. The second-order valence-corrected chi connectivity index (χ2v) is 9.76. The number of hydrogen-bond donors (Lipinski definition) is 1. The molecular formula is C27H29ClFN5O5. The van der Waals surface area contributed by atoms with E-state index in [1.54, 1.807) is 24.1 Å². The molecule has 10 nitrogen and oxygen atoms in total. The van der Waals surface area contributed by atoms with E-state index in [1.807, 2.05) is 13.0 Å². The van der Waals surface area contributed by atoms with Crippen LogP contribution in [0.4, 0.5) is 15.9 Å². The molecular weight excluding hydrogens is 529 g/mol. The van der Waals surface area contributed by atoms with Gasteiger partial charge in [-0.2, -0.15) is 0 Å². The fourth-order valence-corrected chi connectivity index (χ4v) is 5.00. The van der Waals surface area contributed by atoms with E-state index in [4.69, 9.17) is 25.8 Å². The van der Waals surface area contributed by atoms with Gasteiger partial charge in [0.05, 0.1) is 17.6 Å². The summed E-state index contributed by atoms with van der Waals surface area (Å²) < 4.78 is 30.8. The van der Waals surface area contributed by atoms with Crippen LogP contribution in [-0.2, 0) is 14.3 Å². The van der Waals surface area contributed by atoms with E-state index < -0.39 is 11.9 Å². The molecule has 1 aromatic heterocycles. The molecule has 2 saturated heterocycles. The molecule has 3 aromatic rings. The number of esters is 1. The maximum Gasteiger partial charge on any atom is 0.306 e. The number of ether oxygens (including phenoxy) is 3. The molecule has 2 aromatic carbocycles. The summed E-state index contributed by atoms with van der Waals surface area (Å²) in [6, 6.07) is 7.94. The maximum atomic E-state index is 13.6. The zero-order chi connectivity index (χ0) is 27.5. The highest BCUT2D eigenvalue weighted by molar-refractivity contribution is 6.31. The highest BCUT2D eigenvalue weighted by atomic mass is 35.5. The summed E-state index contributed by atoms with van der Waals surface area (Å²) in [6.45, 7) is 4.29. The van der Waals surface area contributed by atoms with Crippen LogP contribution in [0, 0.1) is 5.82 Å². The molecule has 2 atom stereocenters. The molecule has 1 amide bonds. The second kappa shape index (κ2) is 11.6. The average Bonchev–Trinajstić information content (AvgIpc) is 3.39. The van der Waals surface area contributed by atoms with Crippen LogP contribution < -0.4 is 14.8 Å². The predicted octanol–water partition coefficient (Wildman–Crippen LogP) is 4.14. The first kappa shape index (κ1) is 26.9. The van der Waals surface area contributed by atoms with Gasteiger partial charge in [-0.3, -0.25) is 14.5 Å². The van der Waals surface area contributed by atoms with Crippen LogP contribution in [0.2, 0.25) is 5.02 Å². The van der Waals surface area contributed by atoms with Gasteiger partial charge < -0.3 is 24.4 Å². The van der Waals surface area contributed by atoms with Crippen LogP contribution >= 0.6 is 11.6 Å². The van der Waals surface area contributed by atoms with Crippen LogP contribution in [0.3, 0.4) is 0 Å². The van der Waals surface area contributed by atoms with E-state index in [9.17, 15) is 14.0 Å². The van der Waals surface area contributed by atoms with Gasteiger partial charge in [0.15, 0.2) is 23.8 Å². The van der Waals surface area contributed by atoms with E-state index in [2.05, 4.69) is 20.2 Å². The molecule has 0 spiro atoms. The number of amides is 1. The molecule has 2 fully saturated rings. The average molecular weight is 558 g/mol. The number of hydrogen-bond acceptors (Lipinski definition) is 9. The van der Waals surface area contributed by atoms with Gasteiger partial charge in [0.1, 0.15) is 18.0 Å². The Morgan fingerprint density at radius 1 is 1.21 bits per heavy atom. The minimum Gasteiger partial charge on any atom is -0.493 e. The molecule has 2 aliphatic heterocycles. The summed E-state index contributed by atoms with van der Waals surface area (Å²) in [5, 5.41) is 3.86. The van der Waals surface area contributed by atoms with Crippen LogP contribution in [0.5, 0.6) is 11.5 Å². The third-order valence-electron chi connectivity index (χ3n) is 6.91. The van der Waals surface area contributed by atoms with Crippen molar-refractivity contribution >= 4 is 45.9 Å². The first-order valence-electron chi connectivity index (χ1n) is 12.8. The monoisotopic (exact) mass is 557 g/mol. The van der Waals surface area contributed by atoms with Crippen molar-refractivity contribution in [3.8, 4) is 11.5 Å². The third kappa shape index (κ3) is 5.84. The number of benzene rings is 2. The van der Waals surface area contributed by atoms with Crippen molar-refractivity contribution in [2.45, 2.75) is 38.5 Å². The fourth-order valence-electron chi connectivity index (χ4n) is 4.82. The number of carbonyl (C=O) groups is 2. The summed E-state index contributed by atoms with van der Waals surface area (Å²) in [5.41, 5.74) is 1.21. The molecule has 3 heterocycles. The second-order valence-electron chi connectivity index (χ2n) is 9.36. The van der Waals surface area contributed by atoms with E-state index in [0.29, 0.717) is 72.9 Å². The van der Waals surface area contributed by atoms with Crippen LogP contribution in [0.25, 0.3) is 10.9 Å². The number of halogens is 2. The van der Waals surface area contributed by atoms with Crippen LogP contribution in [-0.4, -0.2) is 77.3 Å². The Bertz CT molecular complexity index is 1380. The summed E-state index contributed by atoms with van der Waals surface area (Å²) in [7, 11) is 1.57. The Morgan fingerprint density at radius 2 is 2.00 bits per heavy atom. The van der Waals surface area contributed by atoms with Crippen molar-refractivity contribution < 1.29 is 28.2 Å². The lowest BCUT2D eigenvalue weighted by molar-refractivity contribution is -0.154. The van der Waals surface area contributed by atoms with E-state index >= 15 is 0 Å². The number of carbonyl (C=O) groups excluding carboxylic acids is 2. The van der Waals surface area contributed by atoms with Crippen molar-refractivity contribution in [2.75, 3.05) is 38.6 Å². The number of cyclic esters (lactones) is 1. The first-order valence-corrected chi connectivity index (χ1v) is 13.2. The maximum absolute atomic E-state index is 13.6. The Hall–Kier alpha value is -3.70. The van der Waals surface area contributed by atoms with Gasteiger partial charge in [0.2, 0.25) is 0 Å². The largest absolute Gasteiger partial charge is 0.493 e. The highest BCUT2D eigenvalue weighted by Gasteiger charge is 2.35. The Kier molecular flexibility index (Phi) is 7.99. The number of aromatic nitrogens is 2. The van der Waals surface area contributed by atoms with Crippen molar-refractivity contribution in [2.24, 2.45) is 0 Å². The van der Waals surface area contributed by atoms with Crippen LogP contribution in [0.1, 0.15) is 26.2 Å². The lowest BCUT2D eigenvalue weighted by Crippen LogP contribution is -2.55. The Morgan fingerprint density at radius 3 is 2.67 bits per heavy atom. The number of methoxy groups -OCH3 is 1. The van der Waals surface area contributed by atoms with Crippen LogP contribution in [0.15, 0.2) is 36.7 Å². The van der Waals surface area contributed by atoms with Gasteiger partial charge in [-0.25, -0.2) is 14.4 Å². The zero-order valence-corrected chi connectivity index (χ0v) is 22.4. The quantitative estimate of drug-likeness (QED) is 0.409. The molecule has 39 heavy (non-hydrogen) atoms. The molecule has 0 aliphatic carbocycles. The number of nitrogens with zero attached hydrogens (tertiary/aromatic N) is 4. The normalized spacial score (nSPS) is 18.6. The minimum atomic E-state index is -0.667. The number of anilines is 2. The SMILES string of the molecule is CCC(Oc1cc2c(Nc3ccc(F)c(Cl)c3)ncnc2cc1OC)N1CCN(C(=O)C2CCC(=O)O2)CC1. The van der Waals surface area contributed by atoms with Gasteiger partial charge in [0.25, 0.3) is 5.91 Å². The molecule has 0 radical (unpaired) electrons. The standard InChI is InChI=1S/C27H29ClFN5O5/c1-3-24(33-8-10-34(11-9-33)27(36)21-6-7-25(35)39-21)38-23-13-17-20(14-22(23)37-2)30-15-31-26(17)32-16-4-5-19(29)18(28)12-16/h4-5,12-15,21,24H,3,6-11H2,1-2H3,(H,30,31,32). The van der Waals surface area contributed by atoms with Crippen molar-refractivity contribution in [3.05, 3.63) is 47.5 Å². The lowest BCUT2D eigenvalue weighted by atomic mass is 10.2. The van der Waals surface area contributed by atoms with E-state index in [0.717, 1.165) is 0 Å². The lowest BCUT2D eigenvalue weighted by Gasteiger charge is -2.39. The predicted molar refractivity (Wildman–Crippen MR) is 143 cm³/mol. The van der Waals surface area contributed by atoms with E-state index in [-0.39, 0.29) is 29.5 Å². The summed E-state index contributed by atoms with van der Waals surface area (Å²) >= 11 is 5.94. The highest BCUT2D eigenvalue weighted by Crippen LogP contribution is 2.36. The zero-order valence-electron chi connectivity index (χ0n) is 21.7. The topological polar surface area (TPSA) is 106 Å². The van der Waals surface area contributed by atoms with Gasteiger partial charge in [0, 0.05) is 56.2 Å². The molecule has 2 unspecified atom stereocenters. The molecule has 2 aliphatic rings. The van der Waals surface area contributed by atoms with Crippen molar-refractivity contribution in [1.29, 1.82) is 0 Å². The van der Waals surface area contributed by atoms with Gasteiger partial charge >= 0.3 is 5.97 Å². The minimum absolute atomic E-state index is 0.000829. The first-order chi connectivity index (χ1) is 18.9. The molecule has 12 heteroatoms. The van der Waals surface area contributed by atoms with Crippen molar-refractivity contribution in [1.82, 2.24) is 19.8 Å². The van der Waals surface area contributed by atoms with Gasteiger partial charge in [-0.05, 0) is 30.7 Å². The number of piperazine rings is 1. The number of rotatable bonds is 8. The summed E-state index contributed by atoms with van der Waals surface area (Å²) in [4.78, 5) is 36.8. The summed E-state index contributed by atoms with van der Waals surface area (Å²) in [5.74, 6) is 0.584. The fraction of sp³-hybridized carbons (Fsp3) is 0.407. The van der Waals surface area contributed by atoms with Gasteiger partial charge in [-0.15, -0.1) is 0 Å². The number of nitrogens with one attached hydrogen (secondary N) is 1. The molecule has 0 bridgehead atoms. The number of fused-ring (bicyclic) bond motifs is 1. The van der Waals surface area contributed by atoms with E-state index in [1.165, 1.54) is 18.5 Å². The van der Waals surface area contributed by atoms with Gasteiger partial charge in [-0.1, -0.05) is 18.5 Å². The molecule has 0 saturated carbocycles. The smallest absolute Gasteiger partial charge is 0.306 e. The summed E-state index contributed by atoms with van der Waals surface area (Å²) in [6.07, 6.45) is 1.91. The Labute approximate surface area is 230 Å². The van der Waals surface area contributed by atoms with Crippen molar-refractivity contribution in [3.63, 3.8) is 0 Å². The molecule has 5 rings (SSSR count). The third-order valence-corrected chi connectivity index (χ3v) is 7.20. The molecule has 206 valence electrons. The molecule has 1 N–H and O–H groups in total.